The molecule has 0 aliphatic carbocycles. The Morgan fingerprint density at radius 1 is 0.610 bits per heavy atom. The third kappa shape index (κ3) is 9.97. The molecule has 0 unspecified atom stereocenters. The van der Waals surface area contributed by atoms with E-state index in [1.807, 2.05) is 0 Å². The van der Waals surface area contributed by atoms with Crippen LogP contribution in [0.4, 0.5) is 0 Å². The highest BCUT2D eigenvalue weighted by Crippen LogP contribution is 2.15. The summed E-state index contributed by atoms with van der Waals surface area (Å²) in [5.41, 5.74) is 7.55. The number of ketones is 1. The molecular formula is C30H34N4O7. The average Bonchev–Trinajstić information content (AvgIpc) is 2.93. The van der Waals surface area contributed by atoms with Crippen LogP contribution in [0.5, 0.6) is 17.2 Å². The number of rotatable bonds is 14. The Balaban J connectivity index is 1.82. The highest BCUT2D eigenvalue weighted by molar-refractivity contribution is 5.93. The van der Waals surface area contributed by atoms with Crippen molar-refractivity contribution in [2.45, 2.75) is 44.3 Å². The molecule has 0 aliphatic rings. The third-order valence-corrected chi connectivity index (χ3v) is 6.34. The van der Waals surface area contributed by atoms with Gasteiger partial charge in [0.15, 0.2) is 0 Å². The summed E-state index contributed by atoms with van der Waals surface area (Å²) in [5.74, 6) is -2.06. The molecule has 0 saturated heterocycles. The molecule has 0 aromatic heterocycles. The van der Waals surface area contributed by atoms with Crippen LogP contribution in [-0.4, -0.2) is 63.5 Å². The van der Waals surface area contributed by atoms with Gasteiger partial charge in [-0.2, -0.15) is 0 Å². The maximum atomic E-state index is 13.5. The zero-order chi connectivity index (χ0) is 29.9. The molecule has 3 amide bonds. The number of carbonyl (C=O) groups excluding carboxylic acids is 4. The number of aromatic hydroxyl groups is 3. The van der Waals surface area contributed by atoms with Crippen molar-refractivity contribution >= 4 is 23.5 Å². The van der Waals surface area contributed by atoms with E-state index in [0.717, 1.165) is 0 Å². The lowest BCUT2D eigenvalue weighted by Crippen LogP contribution is -2.57. The summed E-state index contributed by atoms with van der Waals surface area (Å²) in [5, 5.41) is 37.0. The predicted molar refractivity (Wildman–Crippen MR) is 151 cm³/mol. The zero-order valence-electron chi connectivity index (χ0n) is 22.5. The van der Waals surface area contributed by atoms with E-state index >= 15 is 0 Å². The predicted octanol–water partition coefficient (Wildman–Crippen LogP) is 0.833. The van der Waals surface area contributed by atoms with Crippen LogP contribution in [0, 0.1) is 0 Å². The van der Waals surface area contributed by atoms with Crippen molar-refractivity contribution < 1.29 is 34.5 Å². The normalized spacial score (nSPS) is 13.0. The Bertz CT molecular complexity index is 1340. The number of hydrogen-bond acceptors (Lipinski definition) is 8. The van der Waals surface area contributed by atoms with Gasteiger partial charge in [-0.1, -0.05) is 36.4 Å². The zero-order valence-corrected chi connectivity index (χ0v) is 22.5. The second-order valence-electron chi connectivity index (χ2n) is 9.77. The van der Waals surface area contributed by atoms with Crippen LogP contribution >= 0.6 is 0 Å². The lowest BCUT2D eigenvalue weighted by molar-refractivity contribution is -0.132. The quantitative estimate of drug-likeness (QED) is 0.150. The molecule has 0 spiro atoms. The molecule has 0 heterocycles. The average molecular weight is 563 g/mol. The molecule has 0 bridgehead atoms. The van der Waals surface area contributed by atoms with Crippen molar-refractivity contribution in [2.24, 2.45) is 5.73 Å². The number of Topliss-reactive ketones (excluding diaryl/α,β-unsaturated/α-hetero) is 1. The molecule has 8 N–H and O–H groups in total. The van der Waals surface area contributed by atoms with Crippen molar-refractivity contribution in [3.05, 3.63) is 89.5 Å². The summed E-state index contributed by atoms with van der Waals surface area (Å²) < 4.78 is 0. The Hall–Kier alpha value is -4.90. The number of nitrogens with one attached hydrogen (secondary N) is 3. The van der Waals surface area contributed by atoms with Gasteiger partial charge >= 0.3 is 0 Å². The van der Waals surface area contributed by atoms with Crippen LogP contribution in [0.25, 0.3) is 0 Å². The second kappa shape index (κ2) is 14.5. The number of phenols is 3. The lowest BCUT2D eigenvalue weighted by atomic mass is 10.0. The summed E-state index contributed by atoms with van der Waals surface area (Å²) in [6, 6.07) is 15.3. The largest absolute Gasteiger partial charge is 0.508 e. The molecule has 11 nitrogen and oxygen atoms in total. The van der Waals surface area contributed by atoms with Crippen LogP contribution in [0.2, 0.25) is 0 Å². The first-order valence-corrected chi connectivity index (χ1v) is 13.0. The summed E-state index contributed by atoms with van der Waals surface area (Å²) in [6.45, 7) is 1.29. The molecule has 11 heteroatoms. The smallest absolute Gasteiger partial charge is 0.243 e. The SMILES string of the molecule is CC(=O)CN[C@@H](Cc1ccc(O)cc1)C(=O)N[C@@H](Cc1ccc(O)cc1)C(=O)N[C@@H](Cc1ccc(O)cc1)C(N)=O. The van der Waals surface area contributed by atoms with E-state index in [-0.39, 0.29) is 48.8 Å². The van der Waals surface area contributed by atoms with E-state index in [9.17, 15) is 34.5 Å². The van der Waals surface area contributed by atoms with Gasteiger partial charge in [0.2, 0.25) is 17.7 Å². The molecule has 3 atom stereocenters. The van der Waals surface area contributed by atoms with Gasteiger partial charge in [-0.25, -0.2) is 0 Å². The maximum absolute atomic E-state index is 13.5. The molecule has 3 aromatic carbocycles. The number of nitrogens with two attached hydrogens (primary N) is 1. The molecule has 0 aliphatic heterocycles. The molecular weight excluding hydrogens is 528 g/mol. The minimum absolute atomic E-state index is 0.0290. The van der Waals surface area contributed by atoms with Crippen molar-refractivity contribution in [2.75, 3.05) is 6.54 Å². The Morgan fingerprint density at radius 2 is 0.951 bits per heavy atom. The highest BCUT2D eigenvalue weighted by Gasteiger charge is 2.29. The van der Waals surface area contributed by atoms with E-state index in [0.29, 0.717) is 16.7 Å². The van der Waals surface area contributed by atoms with Crippen molar-refractivity contribution in [1.29, 1.82) is 0 Å². The standard InChI is InChI=1S/C30H34N4O7/c1-18(35)17-32-26(15-20-4-10-23(37)11-5-20)29(40)34-27(16-21-6-12-24(38)13-7-21)30(41)33-25(28(31)39)14-19-2-8-22(36)9-3-19/h2-13,25-27,32,36-38H,14-17H2,1H3,(H2,31,39)(H,33,41)(H,34,40)/t25-,26-,27-/m0/s1. The highest BCUT2D eigenvalue weighted by atomic mass is 16.3. The van der Waals surface area contributed by atoms with Crippen LogP contribution in [0.3, 0.4) is 0 Å². The Labute approximate surface area is 237 Å². The molecule has 216 valence electrons. The summed E-state index contributed by atoms with van der Waals surface area (Å²) in [4.78, 5) is 50.8. The lowest BCUT2D eigenvalue weighted by Gasteiger charge is -2.25. The molecule has 0 fully saturated rings. The topological polar surface area (TPSA) is 191 Å². The van der Waals surface area contributed by atoms with Gasteiger partial charge in [-0.15, -0.1) is 0 Å². The number of benzene rings is 3. The van der Waals surface area contributed by atoms with Gasteiger partial charge in [0.05, 0.1) is 12.6 Å². The maximum Gasteiger partial charge on any atom is 0.243 e. The van der Waals surface area contributed by atoms with Gasteiger partial charge in [0, 0.05) is 12.8 Å². The fraction of sp³-hybridized carbons (Fsp3) is 0.267. The third-order valence-electron chi connectivity index (χ3n) is 6.34. The van der Waals surface area contributed by atoms with Gasteiger partial charge in [0.1, 0.15) is 35.1 Å². The van der Waals surface area contributed by atoms with Gasteiger partial charge in [-0.3, -0.25) is 24.5 Å². The van der Waals surface area contributed by atoms with Crippen molar-refractivity contribution in [1.82, 2.24) is 16.0 Å². The van der Waals surface area contributed by atoms with Gasteiger partial charge < -0.3 is 31.7 Å². The van der Waals surface area contributed by atoms with E-state index in [1.165, 1.54) is 43.3 Å². The van der Waals surface area contributed by atoms with E-state index in [2.05, 4.69) is 16.0 Å². The van der Waals surface area contributed by atoms with E-state index in [1.54, 1.807) is 36.4 Å². The van der Waals surface area contributed by atoms with Crippen LogP contribution in [0.15, 0.2) is 72.8 Å². The number of hydrogen-bond donors (Lipinski definition) is 7. The fourth-order valence-electron chi connectivity index (χ4n) is 4.10. The van der Waals surface area contributed by atoms with Gasteiger partial charge in [-0.05, 0) is 66.4 Å². The van der Waals surface area contributed by atoms with Crippen LogP contribution in [-0.2, 0) is 38.4 Å². The Morgan fingerprint density at radius 3 is 1.34 bits per heavy atom. The summed E-state index contributed by atoms with van der Waals surface area (Å²) >= 11 is 0. The van der Waals surface area contributed by atoms with E-state index in [4.69, 9.17) is 5.73 Å². The summed E-state index contributed by atoms with van der Waals surface area (Å²) in [6.07, 6.45) is 0.254. The number of amides is 3. The monoisotopic (exact) mass is 562 g/mol. The second-order valence-corrected chi connectivity index (χ2v) is 9.77. The van der Waals surface area contributed by atoms with Crippen LogP contribution in [0.1, 0.15) is 23.6 Å². The first-order chi connectivity index (χ1) is 19.5. The molecule has 3 aromatic rings. The van der Waals surface area contributed by atoms with Crippen LogP contribution < -0.4 is 21.7 Å². The summed E-state index contributed by atoms with van der Waals surface area (Å²) in [7, 11) is 0. The number of phenolic OH excluding ortho intramolecular Hbond substituents is 3. The molecule has 41 heavy (non-hydrogen) atoms. The van der Waals surface area contributed by atoms with Crippen molar-refractivity contribution in [3.8, 4) is 17.2 Å². The first-order valence-electron chi connectivity index (χ1n) is 13.0. The minimum atomic E-state index is -1.14. The minimum Gasteiger partial charge on any atom is -0.508 e. The number of primary amides is 1. The number of carbonyl (C=O) groups is 4. The molecule has 3 rings (SSSR count). The van der Waals surface area contributed by atoms with Crippen molar-refractivity contribution in [3.63, 3.8) is 0 Å². The molecule has 0 radical (unpaired) electrons. The molecule has 0 saturated carbocycles. The van der Waals surface area contributed by atoms with Gasteiger partial charge in [0.25, 0.3) is 0 Å². The fourth-order valence-corrected chi connectivity index (χ4v) is 4.10. The van der Waals surface area contributed by atoms with E-state index < -0.39 is 35.8 Å². The Kier molecular flexibility index (Phi) is 10.8. The first kappa shape index (κ1) is 30.6.